The maximum absolute atomic E-state index is 5.76. The second-order valence-electron chi connectivity index (χ2n) is 5.07. The summed E-state index contributed by atoms with van der Waals surface area (Å²) in [5, 5.41) is 6.54. The molecule has 0 aliphatic carbocycles. The zero-order valence-electron chi connectivity index (χ0n) is 13.0. The molecule has 0 aliphatic heterocycles. The SMILES string of the molecule is COc1cc2[nH]c3ncnc(Nc4[nH+]cc(N)s4)c3c2cc1OC. The van der Waals surface area contributed by atoms with Gasteiger partial charge < -0.3 is 20.2 Å². The van der Waals surface area contributed by atoms with Crippen LogP contribution in [-0.2, 0) is 0 Å². The van der Waals surface area contributed by atoms with Crippen LogP contribution in [0.15, 0.2) is 24.7 Å². The van der Waals surface area contributed by atoms with Crippen molar-refractivity contribution < 1.29 is 14.5 Å². The molecule has 0 unspecified atom stereocenters. The number of hydrogen-bond donors (Lipinski definition) is 3. The molecule has 0 atom stereocenters. The van der Waals surface area contributed by atoms with Crippen LogP contribution in [0.4, 0.5) is 16.0 Å². The number of H-pyrrole nitrogens is 2. The summed E-state index contributed by atoms with van der Waals surface area (Å²) in [6.07, 6.45) is 3.24. The molecule has 24 heavy (non-hydrogen) atoms. The fourth-order valence-corrected chi connectivity index (χ4v) is 3.25. The van der Waals surface area contributed by atoms with Gasteiger partial charge in [0.15, 0.2) is 11.5 Å². The van der Waals surface area contributed by atoms with Crippen molar-refractivity contribution in [1.82, 2.24) is 15.0 Å². The molecule has 3 heterocycles. The van der Waals surface area contributed by atoms with Gasteiger partial charge in [-0.15, -0.1) is 0 Å². The molecule has 5 N–H and O–H groups in total. The van der Waals surface area contributed by atoms with E-state index < -0.39 is 0 Å². The summed E-state index contributed by atoms with van der Waals surface area (Å²) in [5.41, 5.74) is 7.38. The fourth-order valence-electron chi connectivity index (χ4n) is 2.63. The zero-order chi connectivity index (χ0) is 16.7. The molecule has 0 spiro atoms. The molecular formula is C15H15N6O2S+. The Hall–Kier alpha value is -3.07. The first-order chi connectivity index (χ1) is 11.7. The van der Waals surface area contributed by atoms with E-state index in [2.05, 4.69) is 25.3 Å². The highest BCUT2D eigenvalue weighted by Gasteiger charge is 2.18. The highest BCUT2D eigenvalue weighted by molar-refractivity contribution is 7.18. The monoisotopic (exact) mass is 343 g/mol. The number of aromatic amines is 2. The van der Waals surface area contributed by atoms with E-state index in [9.17, 15) is 0 Å². The zero-order valence-corrected chi connectivity index (χ0v) is 13.8. The second-order valence-corrected chi connectivity index (χ2v) is 6.15. The topological polar surface area (TPSA) is 112 Å². The van der Waals surface area contributed by atoms with Crippen LogP contribution in [0.2, 0.25) is 0 Å². The Balaban J connectivity index is 1.94. The van der Waals surface area contributed by atoms with E-state index in [0.717, 1.165) is 27.1 Å². The van der Waals surface area contributed by atoms with Gasteiger partial charge >= 0.3 is 5.13 Å². The number of rotatable bonds is 4. The van der Waals surface area contributed by atoms with Crippen molar-refractivity contribution in [2.45, 2.75) is 0 Å². The Morgan fingerprint density at radius 1 is 1.21 bits per heavy atom. The first-order valence-electron chi connectivity index (χ1n) is 7.12. The van der Waals surface area contributed by atoms with E-state index in [1.54, 1.807) is 20.4 Å². The second kappa shape index (κ2) is 5.53. The number of anilines is 3. The number of aromatic nitrogens is 4. The van der Waals surface area contributed by atoms with Crippen molar-refractivity contribution in [3.63, 3.8) is 0 Å². The quantitative estimate of drug-likeness (QED) is 0.524. The number of nitrogens with two attached hydrogens (primary N) is 1. The largest absolute Gasteiger partial charge is 0.493 e. The van der Waals surface area contributed by atoms with Gasteiger partial charge in [-0.25, -0.2) is 15.3 Å². The smallest absolute Gasteiger partial charge is 0.339 e. The Kier molecular flexibility index (Phi) is 3.35. The van der Waals surface area contributed by atoms with Gasteiger partial charge in [0.05, 0.1) is 25.1 Å². The third-order valence-corrected chi connectivity index (χ3v) is 4.47. The van der Waals surface area contributed by atoms with E-state index in [4.69, 9.17) is 15.2 Å². The molecule has 3 aromatic heterocycles. The van der Waals surface area contributed by atoms with E-state index in [1.807, 2.05) is 12.1 Å². The van der Waals surface area contributed by atoms with Crippen molar-refractivity contribution in [2.24, 2.45) is 0 Å². The van der Waals surface area contributed by atoms with Crippen molar-refractivity contribution in [3.8, 4) is 11.5 Å². The average molecular weight is 343 g/mol. The average Bonchev–Trinajstić information content (AvgIpc) is 3.16. The number of benzene rings is 1. The van der Waals surface area contributed by atoms with Gasteiger partial charge in [0.1, 0.15) is 23.2 Å². The molecule has 4 rings (SSSR count). The van der Waals surface area contributed by atoms with Crippen LogP contribution in [0.1, 0.15) is 0 Å². The molecule has 1 aromatic carbocycles. The summed E-state index contributed by atoms with van der Waals surface area (Å²) >= 11 is 1.41. The van der Waals surface area contributed by atoms with E-state index in [-0.39, 0.29) is 0 Å². The van der Waals surface area contributed by atoms with Gasteiger partial charge in [-0.3, -0.25) is 0 Å². The molecule has 0 aliphatic rings. The molecule has 0 amide bonds. The fraction of sp³-hybridized carbons (Fsp3) is 0.133. The first-order valence-corrected chi connectivity index (χ1v) is 7.93. The lowest BCUT2D eigenvalue weighted by atomic mass is 10.2. The minimum absolute atomic E-state index is 0.646. The summed E-state index contributed by atoms with van der Waals surface area (Å²) in [4.78, 5) is 15.0. The highest BCUT2D eigenvalue weighted by atomic mass is 32.1. The maximum Gasteiger partial charge on any atom is 0.339 e. The predicted octanol–water partition coefficient (Wildman–Crippen LogP) is 2.33. The molecular weight excluding hydrogens is 328 g/mol. The molecule has 4 aromatic rings. The van der Waals surface area contributed by atoms with Gasteiger partial charge in [-0.2, -0.15) is 4.98 Å². The van der Waals surface area contributed by atoms with E-state index in [1.165, 1.54) is 17.7 Å². The summed E-state index contributed by atoms with van der Waals surface area (Å²) in [6.45, 7) is 0. The number of hydrogen-bond acceptors (Lipinski definition) is 7. The lowest BCUT2D eigenvalue weighted by molar-refractivity contribution is -0.353. The van der Waals surface area contributed by atoms with Crippen molar-refractivity contribution in [1.29, 1.82) is 0 Å². The molecule has 0 bridgehead atoms. The van der Waals surface area contributed by atoms with Crippen molar-refractivity contribution >= 4 is 49.2 Å². The number of nitrogen functional groups attached to an aromatic ring is 1. The molecule has 0 saturated heterocycles. The van der Waals surface area contributed by atoms with Gasteiger partial charge in [-0.05, 0) is 17.4 Å². The van der Waals surface area contributed by atoms with Crippen LogP contribution in [-0.4, -0.2) is 29.2 Å². The number of fused-ring (bicyclic) bond motifs is 3. The lowest BCUT2D eigenvalue weighted by Gasteiger charge is -2.07. The molecule has 0 radical (unpaired) electrons. The van der Waals surface area contributed by atoms with E-state index >= 15 is 0 Å². The molecule has 8 nitrogen and oxygen atoms in total. The van der Waals surface area contributed by atoms with Gasteiger partial charge in [0, 0.05) is 11.5 Å². The number of nitrogens with one attached hydrogen (secondary N) is 3. The number of methoxy groups -OCH3 is 2. The molecule has 122 valence electrons. The summed E-state index contributed by atoms with van der Waals surface area (Å²) in [7, 11) is 3.22. The maximum atomic E-state index is 5.76. The molecule has 0 saturated carbocycles. The Morgan fingerprint density at radius 3 is 2.71 bits per heavy atom. The standard InChI is InChI=1S/C15H14N6O2S/c1-22-9-3-7-8(4-10(9)23-2)20-13-12(7)14(19-6-18-13)21-15-17-5-11(16)24-15/h3-6H,16H2,1-2H3,(H2,17,18,19,20,21)/p+1. The Labute approximate surface area is 140 Å². The normalized spacial score (nSPS) is 11.1. The molecule has 0 fully saturated rings. The van der Waals surface area contributed by atoms with Crippen LogP contribution in [0.5, 0.6) is 11.5 Å². The minimum Gasteiger partial charge on any atom is -0.493 e. The number of nitrogens with zero attached hydrogens (tertiary/aromatic N) is 2. The van der Waals surface area contributed by atoms with E-state index in [0.29, 0.717) is 22.3 Å². The highest BCUT2D eigenvalue weighted by Crippen LogP contribution is 2.37. The summed E-state index contributed by atoms with van der Waals surface area (Å²) < 4.78 is 10.8. The van der Waals surface area contributed by atoms with Gasteiger partial charge in [0.2, 0.25) is 5.82 Å². The minimum atomic E-state index is 0.646. The van der Waals surface area contributed by atoms with Crippen LogP contribution in [0, 0.1) is 0 Å². The Bertz CT molecular complexity index is 1040. The summed E-state index contributed by atoms with van der Waals surface area (Å²) in [5.74, 6) is 1.97. The van der Waals surface area contributed by atoms with Gasteiger partial charge in [-0.1, -0.05) is 0 Å². The summed E-state index contributed by atoms with van der Waals surface area (Å²) in [6, 6.07) is 3.79. The first kappa shape index (κ1) is 14.5. The van der Waals surface area contributed by atoms with Crippen LogP contribution < -0.4 is 25.5 Å². The van der Waals surface area contributed by atoms with Crippen molar-refractivity contribution in [2.75, 3.05) is 25.3 Å². The lowest BCUT2D eigenvalue weighted by Crippen LogP contribution is -2.04. The molecule has 9 heteroatoms. The van der Waals surface area contributed by atoms with Crippen LogP contribution in [0.3, 0.4) is 0 Å². The van der Waals surface area contributed by atoms with Gasteiger partial charge in [0.25, 0.3) is 0 Å². The van der Waals surface area contributed by atoms with Crippen LogP contribution in [0.25, 0.3) is 21.9 Å². The number of thiazole rings is 1. The van der Waals surface area contributed by atoms with Crippen LogP contribution >= 0.6 is 11.3 Å². The van der Waals surface area contributed by atoms with Crippen molar-refractivity contribution in [3.05, 3.63) is 24.7 Å². The number of ether oxygens (including phenoxy) is 2. The third-order valence-electron chi connectivity index (χ3n) is 3.69. The predicted molar refractivity (Wildman–Crippen MR) is 93.1 cm³/mol. The Morgan fingerprint density at radius 2 is 2.00 bits per heavy atom. The third kappa shape index (κ3) is 2.26.